The first kappa shape index (κ1) is 19.0. The number of para-hydroxylation sites is 1. The van der Waals surface area contributed by atoms with Gasteiger partial charge in [-0.15, -0.1) is 0 Å². The van der Waals surface area contributed by atoms with E-state index in [9.17, 15) is 0 Å². The van der Waals surface area contributed by atoms with E-state index in [1.807, 2.05) is 0 Å². The molecule has 0 radical (unpaired) electrons. The maximum absolute atomic E-state index is 5.05. The first-order valence-electron chi connectivity index (χ1n) is 10.6. The zero-order chi connectivity index (χ0) is 19.9. The number of anilines is 1. The van der Waals surface area contributed by atoms with Gasteiger partial charge in [0.15, 0.2) is 0 Å². The minimum atomic E-state index is 0.0462. The van der Waals surface area contributed by atoms with E-state index in [1.54, 1.807) is 0 Å². The molecule has 3 nitrogen and oxygen atoms in total. The number of aryl methyl sites for hydroxylation is 1. The van der Waals surface area contributed by atoms with Gasteiger partial charge in [0.05, 0.1) is 11.2 Å². The molecule has 1 aliphatic heterocycles. The van der Waals surface area contributed by atoms with E-state index >= 15 is 0 Å². The van der Waals surface area contributed by atoms with Gasteiger partial charge in [-0.05, 0) is 47.9 Å². The molecular formula is C25H33N3. The average Bonchev–Trinajstić information content (AvgIpc) is 3.05. The van der Waals surface area contributed by atoms with Gasteiger partial charge in [-0.1, -0.05) is 65.0 Å². The van der Waals surface area contributed by atoms with Crippen LogP contribution in [0.5, 0.6) is 0 Å². The van der Waals surface area contributed by atoms with Gasteiger partial charge >= 0.3 is 0 Å². The van der Waals surface area contributed by atoms with Crippen molar-refractivity contribution in [2.24, 2.45) is 0 Å². The van der Waals surface area contributed by atoms with Crippen LogP contribution in [-0.2, 0) is 23.8 Å². The van der Waals surface area contributed by atoms with E-state index < -0.39 is 0 Å². The predicted molar refractivity (Wildman–Crippen MR) is 119 cm³/mol. The molecule has 0 amide bonds. The maximum Gasteiger partial charge on any atom is 0.0756 e. The van der Waals surface area contributed by atoms with E-state index in [-0.39, 0.29) is 10.8 Å². The summed E-state index contributed by atoms with van der Waals surface area (Å²) in [6.07, 6.45) is 3.47. The second-order valence-electron chi connectivity index (χ2n) is 9.83. The normalized spacial score (nSPS) is 14.8. The van der Waals surface area contributed by atoms with Crippen molar-refractivity contribution in [3.63, 3.8) is 0 Å². The maximum atomic E-state index is 5.05. The first-order valence-corrected chi connectivity index (χ1v) is 10.6. The highest BCUT2D eigenvalue weighted by molar-refractivity contribution is 5.82. The standard InChI is InChI=1S/C25H33N3/c1-24(2,3)23-19-10-6-7-14-22(19)28(27-23)17-15-25(4,5)20-12-8-13-21-18(20)11-9-16-26-21/h6-8,10,12-14,26H,9,11,15-17H2,1-5H3. The highest BCUT2D eigenvalue weighted by atomic mass is 15.3. The Morgan fingerprint density at radius 3 is 2.57 bits per heavy atom. The number of aromatic nitrogens is 2. The summed E-state index contributed by atoms with van der Waals surface area (Å²) < 4.78 is 2.23. The third-order valence-corrected chi connectivity index (χ3v) is 6.14. The molecule has 0 spiro atoms. The van der Waals surface area contributed by atoms with E-state index in [4.69, 9.17) is 5.10 Å². The van der Waals surface area contributed by atoms with Gasteiger partial charge in [-0.3, -0.25) is 4.68 Å². The summed E-state index contributed by atoms with van der Waals surface area (Å²) in [6, 6.07) is 15.4. The van der Waals surface area contributed by atoms with Crippen molar-refractivity contribution < 1.29 is 0 Å². The zero-order valence-electron chi connectivity index (χ0n) is 18.0. The van der Waals surface area contributed by atoms with Crippen molar-refractivity contribution in [3.8, 4) is 0 Å². The summed E-state index contributed by atoms with van der Waals surface area (Å²) >= 11 is 0. The minimum Gasteiger partial charge on any atom is -0.385 e. The van der Waals surface area contributed by atoms with Crippen LogP contribution in [0.15, 0.2) is 42.5 Å². The molecule has 28 heavy (non-hydrogen) atoms. The van der Waals surface area contributed by atoms with Gasteiger partial charge in [-0.25, -0.2) is 0 Å². The fourth-order valence-corrected chi connectivity index (χ4v) is 4.52. The highest BCUT2D eigenvalue weighted by Crippen LogP contribution is 2.37. The molecule has 2 aromatic carbocycles. The molecule has 148 valence electrons. The first-order chi connectivity index (χ1) is 13.3. The van der Waals surface area contributed by atoms with Crippen molar-refractivity contribution in [3.05, 3.63) is 59.3 Å². The summed E-state index contributed by atoms with van der Waals surface area (Å²) in [5.41, 5.74) is 6.94. The van der Waals surface area contributed by atoms with Crippen molar-refractivity contribution in [2.75, 3.05) is 11.9 Å². The Hall–Kier alpha value is -2.29. The predicted octanol–water partition coefficient (Wildman–Crippen LogP) is 6.06. The van der Waals surface area contributed by atoms with E-state index in [0.717, 1.165) is 19.5 Å². The van der Waals surface area contributed by atoms with Crippen LogP contribution in [-0.4, -0.2) is 16.3 Å². The molecule has 4 rings (SSSR count). The zero-order valence-corrected chi connectivity index (χ0v) is 18.0. The highest BCUT2D eigenvalue weighted by Gasteiger charge is 2.27. The number of hydrogen-bond donors (Lipinski definition) is 1. The number of fused-ring (bicyclic) bond motifs is 2. The number of nitrogens with one attached hydrogen (secondary N) is 1. The van der Waals surface area contributed by atoms with Gasteiger partial charge in [0.1, 0.15) is 0 Å². The van der Waals surface area contributed by atoms with Crippen molar-refractivity contribution in [1.29, 1.82) is 0 Å². The van der Waals surface area contributed by atoms with Gasteiger partial charge in [0.25, 0.3) is 0 Å². The fraction of sp³-hybridized carbons (Fsp3) is 0.480. The Kier molecular flexibility index (Phi) is 4.73. The number of benzene rings is 2. The van der Waals surface area contributed by atoms with Crippen molar-refractivity contribution in [2.45, 2.75) is 71.3 Å². The molecule has 0 atom stereocenters. The molecule has 1 aromatic heterocycles. The second kappa shape index (κ2) is 6.95. The molecule has 0 unspecified atom stereocenters. The van der Waals surface area contributed by atoms with Crippen LogP contribution in [0.4, 0.5) is 5.69 Å². The summed E-state index contributed by atoms with van der Waals surface area (Å²) in [5, 5.41) is 9.91. The topological polar surface area (TPSA) is 29.9 Å². The quantitative estimate of drug-likeness (QED) is 0.601. The molecule has 3 heteroatoms. The molecule has 1 N–H and O–H groups in total. The van der Waals surface area contributed by atoms with Crippen LogP contribution < -0.4 is 5.32 Å². The molecule has 0 saturated carbocycles. The SMILES string of the molecule is CC(C)(C)c1nn(CCC(C)(C)c2cccc3c2CCCN3)c2ccccc12. The summed E-state index contributed by atoms with van der Waals surface area (Å²) in [5.74, 6) is 0. The molecule has 0 bridgehead atoms. The number of nitrogens with zero attached hydrogens (tertiary/aromatic N) is 2. The summed E-state index contributed by atoms with van der Waals surface area (Å²) in [6.45, 7) is 13.5. The summed E-state index contributed by atoms with van der Waals surface area (Å²) in [4.78, 5) is 0. The van der Waals surface area contributed by atoms with E-state index in [2.05, 4.69) is 87.1 Å². The van der Waals surface area contributed by atoms with Gasteiger partial charge in [0, 0.05) is 29.6 Å². The Labute approximate surface area is 169 Å². The molecule has 1 aliphatic rings. The molecular weight excluding hydrogens is 342 g/mol. The number of hydrogen-bond acceptors (Lipinski definition) is 2. The third kappa shape index (κ3) is 3.43. The van der Waals surface area contributed by atoms with Gasteiger partial charge in [-0.2, -0.15) is 5.10 Å². The smallest absolute Gasteiger partial charge is 0.0756 e. The Morgan fingerprint density at radius 2 is 1.79 bits per heavy atom. The van der Waals surface area contributed by atoms with Crippen LogP contribution in [0, 0.1) is 0 Å². The average molecular weight is 376 g/mol. The summed E-state index contributed by atoms with van der Waals surface area (Å²) in [7, 11) is 0. The van der Waals surface area contributed by atoms with E-state index in [1.165, 1.54) is 46.3 Å². The molecule has 0 fully saturated rings. The minimum absolute atomic E-state index is 0.0462. The van der Waals surface area contributed by atoms with Crippen LogP contribution in [0.3, 0.4) is 0 Å². The van der Waals surface area contributed by atoms with Crippen LogP contribution in [0.2, 0.25) is 0 Å². The Balaban J connectivity index is 1.65. The van der Waals surface area contributed by atoms with Crippen molar-refractivity contribution >= 4 is 16.6 Å². The Morgan fingerprint density at radius 1 is 1.00 bits per heavy atom. The van der Waals surface area contributed by atoms with Crippen LogP contribution in [0.25, 0.3) is 10.9 Å². The second-order valence-corrected chi connectivity index (χ2v) is 9.83. The lowest BCUT2D eigenvalue weighted by Gasteiger charge is -2.31. The van der Waals surface area contributed by atoms with Crippen LogP contribution >= 0.6 is 0 Å². The monoisotopic (exact) mass is 375 g/mol. The lowest BCUT2D eigenvalue weighted by molar-refractivity contribution is 0.418. The number of rotatable bonds is 4. The lowest BCUT2D eigenvalue weighted by Crippen LogP contribution is -2.24. The van der Waals surface area contributed by atoms with Gasteiger partial charge < -0.3 is 5.32 Å². The van der Waals surface area contributed by atoms with Crippen LogP contribution in [0.1, 0.15) is 64.3 Å². The Bertz CT molecular complexity index is 989. The molecule has 0 saturated heterocycles. The van der Waals surface area contributed by atoms with E-state index in [0.29, 0.717) is 0 Å². The van der Waals surface area contributed by atoms with Crippen molar-refractivity contribution in [1.82, 2.24) is 9.78 Å². The molecule has 3 aromatic rings. The van der Waals surface area contributed by atoms with Gasteiger partial charge in [0.2, 0.25) is 0 Å². The molecule has 2 heterocycles. The largest absolute Gasteiger partial charge is 0.385 e. The third-order valence-electron chi connectivity index (χ3n) is 6.14. The fourth-order valence-electron chi connectivity index (χ4n) is 4.52. The lowest BCUT2D eigenvalue weighted by atomic mass is 9.77. The molecule has 0 aliphatic carbocycles.